The van der Waals surface area contributed by atoms with Gasteiger partial charge in [-0.05, 0) is 26.2 Å². The third-order valence-corrected chi connectivity index (χ3v) is 4.66. The maximum absolute atomic E-state index is 12.9. The molecule has 1 aliphatic heterocycles. The van der Waals surface area contributed by atoms with Crippen LogP contribution in [0.1, 0.15) is 65.2 Å². The quantitative estimate of drug-likeness (QED) is 0.670. The number of hydrogen-bond acceptors (Lipinski definition) is 2. The molecule has 3 nitrogen and oxygen atoms in total. The second kappa shape index (κ2) is 8.75. The van der Waals surface area contributed by atoms with E-state index >= 15 is 0 Å². The van der Waals surface area contributed by atoms with Gasteiger partial charge in [-0.2, -0.15) is 13.2 Å². The molecule has 0 aromatic carbocycles. The van der Waals surface area contributed by atoms with Gasteiger partial charge in [0.25, 0.3) is 0 Å². The van der Waals surface area contributed by atoms with Gasteiger partial charge in [-0.25, -0.2) is 0 Å². The Labute approximate surface area is 130 Å². The summed E-state index contributed by atoms with van der Waals surface area (Å²) in [6.07, 6.45) is 1.99. The zero-order valence-corrected chi connectivity index (χ0v) is 13.5. The molecule has 130 valence electrons. The molecule has 1 aliphatic rings. The molecule has 6 heteroatoms. The molecule has 1 heterocycles. The standard InChI is InChI=1S/C16H28F3NO2/c1-3-4-5-6-7-8-12(2)20-11-13(16(17,18)19)9-10-14(20)15(21)22/h12-14H,3-11H2,1-2H3,(H,21,22). The highest BCUT2D eigenvalue weighted by Crippen LogP contribution is 2.36. The third-order valence-electron chi connectivity index (χ3n) is 4.66. The van der Waals surface area contributed by atoms with Crippen molar-refractivity contribution in [1.82, 2.24) is 4.90 Å². The van der Waals surface area contributed by atoms with E-state index in [1.54, 1.807) is 4.90 Å². The molecule has 0 aliphatic carbocycles. The minimum atomic E-state index is -4.23. The first-order valence-corrected chi connectivity index (χ1v) is 8.32. The number of nitrogens with zero attached hydrogens (tertiary/aromatic N) is 1. The summed E-state index contributed by atoms with van der Waals surface area (Å²) in [5.41, 5.74) is 0. The molecule has 0 aromatic rings. The average Bonchev–Trinajstić information content (AvgIpc) is 2.45. The van der Waals surface area contributed by atoms with E-state index in [9.17, 15) is 23.1 Å². The van der Waals surface area contributed by atoms with E-state index in [1.165, 1.54) is 6.42 Å². The third kappa shape index (κ3) is 5.78. The molecule has 0 spiro atoms. The molecule has 3 atom stereocenters. The van der Waals surface area contributed by atoms with Crippen molar-refractivity contribution in [3.05, 3.63) is 0 Å². The van der Waals surface area contributed by atoms with Crippen LogP contribution in [0.5, 0.6) is 0 Å². The van der Waals surface area contributed by atoms with Crippen molar-refractivity contribution in [1.29, 1.82) is 0 Å². The summed E-state index contributed by atoms with van der Waals surface area (Å²) in [5.74, 6) is -2.40. The molecular weight excluding hydrogens is 295 g/mol. The number of carboxylic acid groups (broad SMARTS) is 1. The highest BCUT2D eigenvalue weighted by atomic mass is 19.4. The SMILES string of the molecule is CCCCCCCC(C)N1CC(C(F)(F)F)CCC1C(=O)O. The van der Waals surface area contributed by atoms with Gasteiger partial charge in [0.1, 0.15) is 6.04 Å². The average molecular weight is 323 g/mol. The predicted octanol–water partition coefficient (Wildman–Crippen LogP) is 4.46. The molecular formula is C16H28F3NO2. The second-order valence-corrected chi connectivity index (χ2v) is 6.42. The van der Waals surface area contributed by atoms with Gasteiger partial charge in [-0.1, -0.05) is 39.0 Å². The zero-order valence-electron chi connectivity index (χ0n) is 13.5. The number of alkyl halides is 3. The number of halogens is 3. The van der Waals surface area contributed by atoms with Crippen LogP contribution in [-0.2, 0) is 4.79 Å². The van der Waals surface area contributed by atoms with Crippen LogP contribution in [0.2, 0.25) is 0 Å². The molecule has 1 N–H and O–H groups in total. The van der Waals surface area contributed by atoms with Crippen LogP contribution in [0.25, 0.3) is 0 Å². The summed E-state index contributed by atoms with van der Waals surface area (Å²) in [7, 11) is 0. The molecule has 1 rings (SSSR count). The number of piperidine rings is 1. The van der Waals surface area contributed by atoms with E-state index in [1.807, 2.05) is 6.92 Å². The largest absolute Gasteiger partial charge is 0.480 e. The fourth-order valence-electron chi connectivity index (χ4n) is 3.23. The van der Waals surface area contributed by atoms with E-state index in [0.717, 1.165) is 32.1 Å². The highest BCUT2D eigenvalue weighted by Gasteiger charge is 2.46. The van der Waals surface area contributed by atoms with Crippen LogP contribution in [0, 0.1) is 5.92 Å². The van der Waals surface area contributed by atoms with Crippen molar-refractivity contribution in [2.24, 2.45) is 5.92 Å². The molecule has 0 amide bonds. The maximum Gasteiger partial charge on any atom is 0.393 e. The van der Waals surface area contributed by atoms with Crippen LogP contribution in [0.3, 0.4) is 0 Å². The predicted molar refractivity (Wildman–Crippen MR) is 79.7 cm³/mol. The van der Waals surface area contributed by atoms with Gasteiger partial charge in [0.2, 0.25) is 0 Å². The van der Waals surface area contributed by atoms with Gasteiger partial charge < -0.3 is 5.11 Å². The molecule has 22 heavy (non-hydrogen) atoms. The molecule has 0 aromatic heterocycles. The maximum atomic E-state index is 12.9. The van der Waals surface area contributed by atoms with E-state index in [2.05, 4.69) is 6.92 Å². The van der Waals surface area contributed by atoms with Crippen LogP contribution in [-0.4, -0.2) is 40.8 Å². The highest BCUT2D eigenvalue weighted by molar-refractivity contribution is 5.73. The topological polar surface area (TPSA) is 40.5 Å². The number of carboxylic acids is 1. The Morgan fingerprint density at radius 2 is 1.86 bits per heavy atom. The Morgan fingerprint density at radius 1 is 1.23 bits per heavy atom. The van der Waals surface area contributed by atoms with Crippen molar-refractivity contribution in [3.63, 3.8) is 0 Å². The van der Waals surface area contributed by atoms with Crippen molar-refractivity contribution in [2.75, 3.05) is 6.54 Å². The Bertz CT molecular complexity index is 347. The Kier molecular flexibility index (Phi) is 7.66. The summed E-state index contributed by atoms with van der Waals surface area (Å²) in [6, 6.07) is -0.892. The molecule has 0 radical (unpaired) electrons. The van der Waals surface area contributed by atoms with Gasteiger partial charge in [0.05, 0.1) is 5.92 Å². The van der Waals surface area contributed by atoms with Crippen molar-refractivity contribution in [2.45, 2.75) is 83.5 Å². The summed E-state index contributed by atoms with van der Waals surface area (Å²) < 4.78 is 38.8. The van der Waals surface area contributed by atoms with Crippen LogP contribution in [0.15, 0.2) is 0 Å². The first-order valence-electron chi connectivity index (χ1n) is 8.32. The lowest BCUT2D eigenvalue weighted by Gasteiger charge is -2.41. The number of hydrogen-bond donors (Lipinski definition) is 1. The summed E-state index contributed by atoms with van der Waals surface area (Å²) in [5, 5.41) is 9.27. The van der Waals surface area contributed by atoms with E-state index < -0.39 is 24.1 Å². The van der Waals surface area contributed by atoms with Crippen molar-refractivity contribution >= 4 is 5.97 Å². The normalized spacial score (nSPS) is 25.1. The van der Waals surface area contributed by atoms with Crippen LogP contribution in [0.4, 0.5) is 13.2 Å². The molecule has 1 saturated heterocycles. The fourth-order valence-corrected chi connectivity index (χ4v) is 3.23. The zero-order chi connectivity index (χ0) is 16.8. The van der Waals surface area contributed by atoms with Gasteiger partial charge in [-0.3, -0.25) is 9.69 Å². The molecule has 0 saturated carbocycles. The van der Waals surface area contributed by atoms with Gasteiger partial charge in [0.15, 0.2) is 0 Å². The number of rotatable bonds is 8. The first-order chi connectivity index (χ1) is 10.3. The van der Waals surface area contributed by atoms with Crippen molar-refractivity contribution < 1.29 is 23.1 Å². The lowest BCUT2D eigenvalue weighted by atomic mass is 9.90. The number of aliphatic carboxylic acids is 1. The molecule has 0 bridgehead atoms. The van der Waals surface area contributed by atoms with Gasteiger partial charge >= 0.3 is 12.1 Å². The van der Waals surface area contributed by atoms with E-state index in [4.69, 9.17) is 0 Å². The van der Waals surface area contributed by atoms with Crippen molar-refractivity contribution in [3.8, 4) is 0 Å². The minimum absolute atomic E-state index is 0.0830. The minimum Gasteiger partial charge on any atom is -0.480 e. The Morgan fingerprint density at radius 3 is 2.41 bits per heavy atom. The summed E-state index contributed by atoms with van der Waals surface area (Å²) in [6.45, 7) is 3.80. The number of carbonyl (C=O) groups is 1. The number of unbranched alkanes of at least 4 members (excludes halogenated alkanes) is 4. The van der Waals surface area contributed by atoms with E-state index in [0.29, 0.717) is 0 Å². The van der Waals surface area contributed by atoms with Crippen LogP contribution < -0.4 is 0 Å². The first kappa shape index (κ1) is 19.3. The summed E-state index contributed by atoms with van der Waals surface area (Å²) in [4.78, 5) is 12.9. The van der Waals surface area contributed by atoms with Gasteiger partial charge in [-0.15, -0.1) is 0 Å². The lowest BCUT2D eigenvalue weighted by molar-refractivity contribution is -0.195. The second-order valence-electron chi connectivity index (χ2n) is 6.42. The van der Waals surface area contributed by atoms with E-state index in [-0.39, 0.29) is 25.4 Å². The Balaban J connectivity index is 2.57. The smallest absolute Gasteiger partial charge is 0.393 e. The Hall–Kier alpha value is -0.780. The monoisotopic (exact) mass is 323 g/mol. The van der Waals surface area contributed by atoms with Gasteiger partial charge in [0, 0.05) is 12.6 Å². The fraction of sp³-hybridized carbons (Fsp3) is 0.938. The number of likely N-dealkylation sites (tertiary alicyclic amines) is 1. The lowest BCUT2D eigenvalue weighted by Crippen LogP contribution is -2.54. The molecule has 3 unspecified atom stereocenters. The summed E-state index contributed by atoms with van der Waals surface area (Å²) >= 11 is 0. The van der Waals surface area contributed by atoms with Crippen LogP contribution >= 0.6 is 0 Å². The molecule has 1 fully saturated rings.